The van der Waals surface area contributed by atoms with Crippen LogP contribution in [0.15, 0.2) is 24.3 Å². The van der Waals surface area contributed by atoms with Crippen LogP contribution in [0.2, 0.25) is 5.02 Å². The number of nitrogens with zero attached hydrogens (tertiary/aromatic N) is 1. The van der Waals surface area contributed by atoms with E-state index in [-0.39, 0.29) is 30.5 Å². The summed E-state index contributed by atoms with van der Waals surface area (Å²) in [6.45, 7) is 3.70. The highest BCUT2D eigenvalue weighted by Gasteiger charge is 2.37. The third-order valence-electron chi connectivity index (χ3n) is 4.47. The predicted octanol–water partition coefficient (Wildman–Crippen LogP) is 2.40. The minimum absolute atomic E-state index is 0. The van der Waals surface area contributed by atoms with Gasteiger partial charge in [0.25, 0.3) is 0 Å². The van der Waals surface area contributed by atoms with Gasteiger partial charge in [-0.2, -0.15) is 0 Å². The Balaban J connectivity index is 0.00000176. The fourth-order valence-electron chi connectivity index (χ4n) is 3.22. The van der Waals surface area contributed by atoms with Gasteiger partial charge in [0.1, 0.15) is 0 Å². The summed E-state index contributed by atoms with van der Waals surface area (Å²) >= 11 is 5.80. The Labute approximate surface area is 141 Å². The van der Waals surface area contributed by atoms with E-state index in [9.17, 15) is 9.59 Å². The number of fused-ring (bicyclic) bond motifs is 1. The smallest absolute Gasteiger partial charge is 0.223 e. The lowest BCUT2D eigenvalue weighted by Gasteiger charge is -2.17. The Morgan fingerprint density at radius 3 is 2.27 bits per heavy atom. The van der Waals surface area contributed by atoms with Crippen molar-refractivity contribution < 1.29 is 9.59 Å². The average molecular weight is 343 g/mol. The molecule has 2 heterocycles. The van der Waals surface area contributed by atoms with E-state index in [0.29, 0.717) is 28.8 Å². The minimum Gasteiger partial charge on any atom is -0.342 e. The molecule has 2 aliphatic rings. The van der Waals surface area contributed by atoms with Crippen LogP contribution in [0.5, 0.6) is 0 Å². The molecule has 2 aliphatic heterocycles. The Morgan fingerprint density at radius 1 is 1.09 bits per heavy atom. The fraction of sp³-hybridized carbons (Fsp3) is 0.500. The molecule has 0 spiro atoms. The molecule has 1 aromatic carbocycles. The maximum absolute atomic E-state index is 12.2. The van der Waals surface area contributed by atoms with Crippen LogP contribution in [0.3, 0.4) is 0 Å². The molecule has 4 nitrogen and oxygen atoms in total. The number of rotatable bonds is 4. The Morgan fingerprint density at radius 2 is 1.68 bits per heavy atom. The number of halogens is 2. The molecule has 6 heteroatoms. The van der Waals surface area contributed by atoms with Crippen molar-refractivity contribution in [2.75, 3.05) is 26.2 Å². The van der Waals surface area contributed by atoms with Crippen molar-refractivity contribution in [3.05, 3.63) is 34.9 Å². The van der Waals surface area contributed by atoms with Crippen LogP contribution in [-0.2, 0) is 4.79 Å². The van der Waals surface area contributed by atoms with Gasteiger partial charge in [0.2, 0.25) is 5.91 Å². The molecule has 1 aromatic rings. The van der Waals surface area contributed by atoms with Crippen LogP contribution in [-0.4, -0.2) is 42.8 Å². The molecule has 0 bridgehead atoms. The summed E-state index contributed by atoms with van der Waals surface area (Å²) in [5, 5.41) is 3.97. The first-order valence-corrected chi connectivity index (χ1v) is 7.78. The third kappa shape index (κ3) is 3.80. The first kappa shape index (κ1) is 17.3. The van der Waals surface area contributed by atoms with Crippen molar-refractivity contribution in [2.24, 2.45) is 11.8 Å². The van der Waals surface area contributed by atoms with Gasteiger partial charge >= 0.3 is 0 Å². The van der Waals surface area contributed by atoms with Crippen molar-refractivity contribution in [3.63, 3.8) is 0 Å². The van der Waals surface area contributed by atoms with E-state index in [1.165, 1.54) is 0 Å². The first-order valence-electron chi connectivity index (χ1n) is 7.41. The molecule has 0 aliphatic carbocycles. The Hall–Kier alpha value is -1.10. The summed E-state index contributed by atoms with van der Waals surface area (Å²) in [5.41, 5.74) is 0.620. The Bertz CT molecular complexity index is 536. The van der Waals surface area contributed by atoms with E-state index in [1.54, 1.807) is 24.3 Å². The molecule has 0 aromatic heterocycles. The molecule has 0 unspecified atom stereocenters. The van der Waals surface area contributed by atoms with Crippen molar-refractivity contribution in [2.45, 2.75) is 12.8 Å². The summed E-state index contributed by atoms with van der Waals surface area (Å²) in [5.74, 6) is 1.30. The summed E-state index contributed by atoms with van der Waals surface area (Å²) in [6, 6.07) is 6.82. The zero-order chi connectivity index (χ0) is 14.8. The van der Waals surface area contributed by atoms with Gasteiger partial charge in [0.05, 0.1) is 0 Å². The molecule has 3 rings (SSSR count). The lowest BCUT2D eigenvalue weighted by molar-refractivity contribution is -0.130. The van der Waals surface area contributed by atoms with Crippen LogP contribution in [0.1, 0.15) is 23.2 Å². The van der Waals surface area contributed by atoms with Crippen molar-refractivity contribution >= 4 is 35.7 Å². The zero-order valence-electron chi connectivity index (χ0n) is 12.3. The number of hydrogen-bond acceptors (Lipinski definition) is 3. The molecule has 0 saturated carbocycles. The van der Waals surface area contributed by atoms with Gasteiger partial charge in [-0.05, 0) is 36.1 Å². The first-order chi connectivity index (χ1) is 10.1. The highest BCUT2D eigenvalue weighted by molar-refractivity contribution is 6.30. The number of carbonyl (C=O) groups is 2. The second-order valence-corrected chi connectivity index (χ2v) is 6.34. The zero-order valence-corrected chi connectivity index (χ0v) is 13.8. The summed E-state index contributed by atoms with van der Waals surface area (Å²) in [7, 11) is 0. The molecule has 22 heavy (non-hydrogen) atoms. The van der Waals surface area contributed by atoms with Gasteiger partial charge in [-0.25, -0.2) is 0 Å². The normalized spacial score (nSPS) is 23.0. The second kappa shape index (κ2) is 7.44. The highest BCUT2D eigenvalue weighted by atomic mass is 35.5. The molecule has 120 valence electrons. The Kier molecular flexibility index (Phi) is 5.84. The van der Waals surface area contributed by atoms with Gasteiger partial charge in [-0.15, -0.1) is 12.4 Å². The standard InChI is InChI=1S/C16H19ClN2O2.ClH/c17-14-3-1-11(2-4-14)15(20)5-6-16(21)19-9-12-7-18-8-13(12)10-19;/h1-4,12-13,18H,5-10H2;1H/t12-,13+;. The SMILES string of the molecule is Cl.O=C(CCC(=O)N1C[C@H]2CNC[C@H]2C1)c1ccc(Cl)cc1. The van der Waals surface area contributed by atoms with Crippen LogP contribution >= 0.6 is 24.0 Å². The number of benzene rings is 1. The number of carbonyl (C=O) groups excluding carboxylic acids is 2. The van der Waals surface area contributed by atoms with E-state index < -0.39 is 0 Å². The van der Waals surface area contributed by atoms with Gasteiger partial charge in [-0.3, -0.25) is 9.59 Å². The van der Waals surface area contributed by atoms with Crippen molar-refractivity contribution in [3.8, 4) is 0 Å². The average Bonchev–Trinajstić information content (AvgIpc) is 3.06. The van der Waals surface area contributed by atoms with Crippen LogP contribution in [0, 0.1) is 11.8 Å². The molecule has 1 N–H and O–H groups in total. The molecule has 2 atom stereocenters. The van der Waals surface area contributed by atoms with Gasteiger partial charge < -0.3 is 10.2 Å². The number of ketones is 1. The second-order valence-electron chi connectivity index (χ2n) is 5.91. The van der Waals surface area contributed by atoms with Gasteiger partial charge in [0.15, 0.2) is 5.78 Å². The number of amides is 1. The highest BCUT2D eigenvalue weighted by Crippen LogP contribution is 2.26. The third-order valence-corrected chi connectivity index (χ3v) is 4.73. The maximum Gasteiger partial charge on any atom is 0.223 e. The van der Waals surface area contributed by atoms with Gasteiger partial charge in [0, 0.05) is 49.6 Å². The summed E-state index contributed by atoms with van der Waals surface area (Å²) in [4.78, 5) is 26.2. The van der Waals surface area contributed by atoms with E-state index in [0.717, 1.165) is 26.2 Å². The lowest BCUT2D eigenvalue weighted by atomic mass is 10.0. The number of nitrogens with one attached hydrogen (secondary N) is 1. The monoisotopic (exact) mass is 342 g/mol. The molecule has 1 amide bonds. The largest absolute Gasteiger partial charge is 0.342 e. The van der Waals surface area contributed by atoms with Crippen molar-refractivity contribution in [1.29, 1.82) is 0 Å². The molecular weight excluding hydrogens is 323 g/mol. The van der Waals surface area contributed by atoms with E-state index >= 15 is 0 Å². The fourth-order valence-corrected chi connectivity index (χ4v) is 3.34. The summed E-state index contributed by atoms with van der Waals surface area (Å²) < 4.78 is 0. The van der Waals surface area contributed by atoms with E-state index in [4.69, 9.17) is 11.6 Å². The molecule has 0 radical (unpaired) electrons. The van der Waals surface area contributed by atoms with Crippen LogP contribution in [0.25, 0.3) is 0 Å². The van der Waals surface area contributed by atoms with Crippen molar-refractivity contribution in [1.82, 2.24) is 10.2 Å². The number of Topliss-reactive ketones (excluding diaryl/α,β-unsaturated/α-hetero) is 1. The molecular formula is C16H20Cl2N2O2. The van der Waals surface area contributed by atoms with E-state index in [1.807, 2.05) is 4.90 Å². The predicted molar refractivity (Wildman–Crippen MR) is 88.7 cm³/mol. The van der Waals surface area contributed by atoms with Crippen LogP contribution < -0.4 is 5.32 Å². The molecule has 2 saturated heterocycles. The summed E-state index contributed by atoms with van der Waals surface area (Å²) in [6.07, 6.45) is 0.568. The van der Waals surface area contributed by atoms with E-state index in [2.05, 4.69) is 5.32 Å². The van der Waals surface area contributed by atoms with Crippen LogP contribution in [0.4, 0.5) is 0 Å². The van der Waals surface area contributed by atoms with Gasteiger partial charge in [-0.1, -0.05) is 11.6 Å². The molecule has 2 fully saturated rings. The number of likely N-dealkylation sites (tertiary alicyclic amines) is 1. The quantitative estimate of drug-likeness (QED) is 0.854. The topological polar surface area (TPSA) is 49.4 Å². The number of hydrogen-bond donors (Lipinski definition) is 1. The lowest BCUT2D eigenvalue weighted by Crippen LogP contribution is -2.32. The minimum atomic E-state index is 0. The maximum atomic E-state index is 12.2.